The molecule has 0 saturated heterocycles. The van der Waals surface area contributed by atoms with Gasteiger partial charge in [-0.1, -0.05) is 25.1 Å². The van der Waals surface area contributed by atoms with Crippen LogP contribution in [0.5, 0.6) is 5.75 Å². The smallest absolute Gasteiger partial charge is 0.406 e. The van der Waals surface area contributed by atoms with E-state index in [9.17, 15) is 13.2 Å². The fraction of sp³-hybridized carbons (Fsp3) is 0.333. The third-order valence-electron chi connectivity index (χ3n) is 2.93. The molecular weight excluding hydrogens is 299 g/mol. The SMILES string of the molecule is CCNC(Cc1ccc(OC(F)(F)F)cc1)c1cccs1. The van der Waals surface area contributed by atoms with Crippen LogP contribution < -0.4 is 10.1 Å². The Labute approximate surface area is 125 Å². The van der Waals surface area contributed by atoms with Gasteiger partial charge in [-0.3, -0.25) is 0 Å². The van der Waals surface area contributed by atoms with Crippen LogP contribution in [0.1, 0.15) is 23.4 Å². The summed E-state index contributed by atoms with van der Waals surface area (Å²) in [5.41, 5.74) is 0.962. The summed E-state index contributed by atoms with van der Waals surface area (Å²) in [5.74, 6) is -0.192. The van der Waals surface area contributed by atoms with Gasteiger partial charge in [0.1, 0.15) is 5.75 Å². The van der Waals surface area contributed by atoms with Crippen molar-refractivity contribution in [2.24, 2.45) is 0 Å². The van der Waals surface area contributed by atoms with Crippen LogP contribution in [-0.4, -0.2) is 12.9 Å². The molecule has 2 nitrogen and oxygen atoms in total. The molecule has 1 aromatic heterocycles. The van der Waals surface area contributed by atoms with E-state index >= 15 is 0 Å². The van der Waals surface area contributed by atoms with Crippen LogP contribution >= 0.6 is 11.3 Å². The second kappa shape index (κ2) is 6.95. The number of nitrogens with one attached hydrogen (secondary N) is 1. The minimum Gasteiger partial charge on any atom is -0.406 e. The maximum absolute atomic E-state index is 12.1. The van der Waals surface area contributed by atoms with Crippen molar-refractivity contribution in [3.63, 3.8) is 0 Å². The van der Waals surface area contributed by atoms with E-state index in [-0.39, 0.29) is 11.8 Å². The van der Waals surface area contributed by atoms with Crippen molar-refractivity contribution in [3.05, 3.63) is 52.2 Å². The molecule has 0 saturated carbocycles. The first-order valence-electron chi connectivity index (χ1n) is 6.59. The van der Waals surface area contributed by atoms with E-state index in [1.165, 1.54) is 17.0 Å². The van der Waals surface area contributed by atoms with E-state index in [4.69, 9.17) is 0 Å². The molecular formula is C15H16F3NOS. The first-order valence-corrected chi connectivity index (χ1v) is 7.47. The highest BCUT2D eigenvalue weighted by Crippen LogP contribution is 2.26. The van der Waals surface area contributed by atoms with Gasteiger partial charge in [0.2, 0.25) is 0 Å². The van der Waals surface area contributed by atoms with Gasteiger partial charge in [-0.25, -0.2) is 0 Å². The normalized spacial score (nSPS) is 13.1. The molecule has 2 aromatic rings. The Morgan fingerprint density at radius 3 is 2.43 bits per heavy atom. The van der Waals surface area contributed by atoms with E-state index in [1.807, 2.05) is 18.4 Å². The Morgan fingerprint density at radius 2 is 1.90 bits per heavy atom. The van der Waals surface area contributed by atoms with E-state index in [1.54, 1.807) is 23.5 Å². The van der Waals surface area contributed by atoms with Crippen molar-refractivity contribution < 1.29 is 17.9 Å². The lowest BCUT2D eigenvalue weighted by Gasteiger charge is -2.17. The van der Waals surface area contributed by atoms with Crippen molar-refractivity contribution in [2.75, 3.05) is 6.54 Å². The average molecular weight is 315 g/mol. The van der Waals surface area contributed by atoms with Gasteiger partial charge in [-0.15, -0.1) is 24.5 Å². The highest BCUT2D eigenvalue weighted by atomic mass is 32.1. The highest BCUT2D eigenvalue weighted by Gasteiger charge is 2.30. The van der Waals surface area contributed by atoms with Crippen LogP contribution in [0.4, 0.5) is 13.2 Å². The third kappa shape index (κ3) is 5.06. The second-order valence-corrected chi connectivity index (χ2v) is 5.50. The van der Waals surface area contributed by atoms with Crippen LogP contribution in [-0.2, 0) is 6.42 Å². The molecule has 0 aliphatic rings. The molecule has 1 N–H and O–H groups in total. The fourth-order valence-electron chi connectivity index (χ4n) is 2.07. The molecule has 0 radical (unpaired) electrons. The molecule has 114 valence electrons. The summed E-state index contributed by atoms with van der Waals surface area (Å²) in [6, 6.07) is 10.2. The Hall–Kier alpha value is -1.53. The molecule has 0 fully saturated rings. The first-order chi connectivity index (χ1) is 9.98. The minimum atomic E-state index is -4.65. The number of alkyl halides is 3. The maximum atomic E-state index is 12.1. The number of ether oxygens (including phenoxy) is 1. The number of benzene rings is 1. The zero-order valence-electron chi connectivity index (χ0n) is 11.5. The molecule has 1 aromatic carbocycles. The number of hydrogen-bond acceptors (Lipinski definition) is 3. The van der Waals surface area contributed by atoms with Gasteiger partial charge in [0.05, 0.1) is 0 Å². The summed E-state index contributed by atoms with van der Waals surface area (Å²) in [7, 11) is 0. The molecule has 0 spiro atoms. The summed E-state index contributed by atoms with van der Waals surface area (Å²) in [5, 5.41) is 5.40. The Bertz CT molecular complexity index is 537. The number of likely N-dealkylation sites (N-methyl/N-ethyl adjacent to an activating group) is 1. The van der Waals surface area contributed by atoms with Crippen LogP contribution in [0.25, 0.3) is 0 Å². The Kier molecular flexibility index (Phi) is 5.25. The van der Waals surface area contributed by atoms with Crippen molar-refractivity contribution in [1.82, 2.24) is 5.32 Å². The zero-order chi connectivity index (χ0) is 15.3. The highest BCUT2D eigenvalue weighted by molar-refractivity contribution is 7.10. The van der Waals surface area contributed by atoms with Gasteiger partial charge < -0.3 is 10.1 Å². The van der Waals surface area contributed by atoms with Crippen LogP contribution in [0.3, 0.4) is 0 Å². The lowest BCUT2D eigenvalue weighted by atomic mass is 10.0. The third-order valence-corrected chi connectivity index (χ3v) is 3.92. The van der Waals surface area contributed by atoms with Gasteiger partial charge >= 0.3 is 6.36 Å². The lowest BCUT2D eigenvalue weighted by molar-refractivity contribution is -0.274. The molecule has 6 heteroatoms. The van der Waals surface area contributed by atoms with Crippen molar-refractivity contribution >= 4 is 11.3 Å². The fourth-order valence-corrected chi connectivity index (χ4v) is 2.87. The summed E-state index contributed by atoms with van der Waals surface area (Å²) in [4.78, 5) is 1.22. The van der Waals surface area contributed by atoms with E-state index in [0.29, 0.717) is 0 Å². The first kappa shape index (κ1) is 15.9. The molecule has 0 amide bonds. The van der Waals surface area contributed by atoms with Gasteiger partial charge in [0, 0.05) is 10.9 Å². The van der Waals surface area contributed by atoms with Crippen LogP contribution in [0.2, 0.25) is 0 Å². The molecule has 1 heterocycles. The van der Waals surface area contributed by atoms with E-state index in [2.05, 4.69) is 16.1 Å². The van der Waals surface area contributed by atoms with Gasteiger partial charge in [0.15, 0.2) is 0 Å². The van der Waals surface area contributed by atoms with Crippen molar-refractivity contribution in [1.29, 1.82) is 0 Å². The number of rotatable bonds is 6. The lowest BCUT2D eigenvalue weighted by Crippen LogP contribution is -2.22. The molecule has 21 heavy (non-hydrogen) atoms. The van der Waals surface area contributed by atoms with Crippen molar-refractivity contribution in [2.45, 2.75) is 25.7 Å². The quantitative estimate of drug-likeness (QED) is 0.845. The summed E-state index contributed by atoms with van der Waals surface area (Å²) >= 11 is 1.67. The molecule has 0 aliphatic carbocycles. The van der Waals surface area contributed by atoms with Crippen LogP contribution in [0, 0.1) is 0 Å². The topological polar surface area (TPSA) is 21.3 Å². The van der Waals surface area contributed by atoms with Gasteiger partial charge in [-0.2, -0.15) is 0 Å². The maximum Gasteiger partial charge on any atom is 0.573 e. The number of halogens is 3. The molecule has 1 atom stereocenters. The van der Waals surface area contributed by atoms with Crippen LogP contribution in [0.15, 0.2) is 41.8 Å². The summed E-state index contributed by atoms with van der Waals surface area (Å²) < 4.78 is 40.2. The van der Waals surface area contributed by atoms with E-state index in [0.717, 1.165) is 18.5 Å². The largest absolute Gasteiger partial charge is 0.573 e. The van der Waals surface area contributed by atoms with Crippen molar-refractivity contribution in [3.8, 4) is 5.75 Å². The average Bonchev–Trinajstić information content (AvgIpc) is 2.92. The van der Waals surface area contributed by atoms with Gasteiger partial charge in [0.25, 0.3) is 0 Å². The number of thiophene rings is 1. The summed E-state index contributed by atoms with van der Waals surface area (Å²) in [6.07, 6.45) is -3.93. The van der Waals surface area contributed by atoms with Gasteiger partial charge in [-0.05, 0) is 42.1 Å². The molecule has 0 bridgehead atoms. The monoisotopic (exact) mass is 315 g/mol. The van der Waals surface area contributed by atoms with E-state index < -0.39 is 6.36 Å². The molecule has 1 unspecified atom stereocenters. The Balaban J connectivity index is 2.04. The standard InChI is InChI=1S/C15H16F3NOS/c1-2-19-13(14-4-3-9-21-14)10-11-5-7-12(8-6-11)20-15(16,17)18/h3-9,13,19H,2,10H2,1H3. The zero-order valence-corrected chi connectivity index (χ0v) is 12.3. The number of hydrogen-bond donors (Lipinski definition) is 1. The molecule has 0 aliphatic heterocycles. The second-order valence-electron chi connectivity index (χ2n) is 4.52. The predicted molar refractivity (Wildman–Crippen MR) is 77.6 cm³/mol. The Morgan fingerprint density at radius 1 is 1.19 bits per heavy atom. The summed E-state index contributed by atoms with van der Waals surface area (Å²) in [6.45, 7) is 2.86. The minimum absolute atomic E-state index is 0.171. The molecule has 2 rings (SSSR count). The predicted octanol–water partition coefficient (Wildman–Crippen LogP) is 4.54.